The summed E-state index contributed by atoms with van der Waals surface area (Å²) >= 11 is 0. The van der Waals surface area contributed by atoms with E-state index in [1.807, 2.05) is 55.5 Å². The number of hydrogen-bond acceptors (Lipinski definition) is 2. The lowest BCUT2D eigenvalue weighted by atomic mass is 9.99. The van der Waals surface area contributed by atoms with Crippen LogP contribution < -0.4 is 0 Å². The van der Waals surface area contributed by atoms with Gasteiger partial charge in [-0.3, -0.25) is 4.99 Å². The van der Waals surface area contributed by atoms with Crippen LogP contribution in [-0.2, 0) is 0 Å². The van der Waals surface area contributed by atoms with E-state index >= 15 is 0 Å². The van der Waals surface area contributed by atoms with Gasteiger partial charge in [0.05, 0.1) is 12.0 Å². The van der Waals surface area contributed by atoms with E-state index < -0.39 is 0 Å². The van der Waals surface area contributed by atoms with Crippen molar-refractivity contribution in [2.45, 2.75) is 13.0 Å². The summed E-state index contributed by atoms with van der Waals surface area (Å²) in [4.78, 5) is 4.88. The van der Waals surface area contributed by atoms with Crippen molar-refractivity contribution in [3.63, 3.8) is 0 Å². The first kappa shape index (κ1) is 13.4. The lowest BCUT2D eigenvalue weighted by Gasteiger charge is -2.14. The number of nitrogens with zero attached hydrogens (tertiary/aromatic N) is 1. The molecule has 1 aromatic heterocycles. The Morgan fingerprint density at radius 2 is 1.38 bits per heavy atom. The summed E-state index contributed by atoms with van der Waals surface area (Å²) in [5.74, 6) is 0.812. The molecule has 0 aliphatic rings. The van der Waals surface area contributed by atoms with Gasteiger partial charge in [-0.15, -0.1) is 0 Å². The fourth-order valence-electron chi connectivity index (χ4n) is 2.35. The molecule has 1 heterocycles. The quantitative estimate of drug-likeness (QED) is 0.623. The Morgan fingerprint density at radius 1 is 0.810 bits per heavy atom. The largest absolute Gasteiger partial charge is 0.463 e. The third-order valence-electron chi connectivity index (χ3n) is 3.43. The molecular formula is C19H17NO. The van der Waals surface area contributed by atoms with Crippen molar-refractivity contribution >= 4 is 5.71 Å². The topological polar surface area (TPSA) is 25.5 Å². The number of benzene rings is 2. The number of rotatable bonds is 4. The Bertz CT molecular complexity index is 660. The maximum Gasteiger partial charge on any atom is 0.147 e. The fraction of sp³-hybridized carbons (Fsp3) is 0.105. The SMILES string of the molecule is CC(=NC(c1ccccc1)c1ccccc1)c1ccco1. The summed E-state index contributed by atoms with van der Waals surface area (Å²) in [5, 5.41) is 0. The van der Waals surface area contributed by atoms with Gasteiger partial charge in [-0.25, -0.2) is 0 Å². The third-order valence-corrected chi connectivity index (χ3v) is 3.43. The molecule has 21 heavy (non-hydrogen) atoms. The highest BCUT2D eigenvalue weighted by molar-refractivity contribution is 5.96. The molecular weight excluding hydrogens is 258 g/mol. The monoisotopic (exact) mass is 275 g/mol. The zero-order chi connectivity index (χ0) is 14.5. The van der Waals surface area contributed by atoms with E-state index in [9.17, 15) is 0 Å². The molecule has 2 heteroatoms. The van der Waals surface area contributed by atoms with E-state index in [4.69, 9.17) is 9.41 Å². The first-order chi connectivity index (χ1) is 10.3. The summed E-state index contributed by atoms with van der Waals surface area (Å²) in [6.07, 6.45) is 1.67. The molecule has 0 fully saturated rings. The zero-order valence-electron chi connectivity index (χ0n) is 11.9. The molecule has 0 amide bonds. The van der Waals surface area contributed by atoms with E-state index in [0.717, 1.165) is 11.5 Å². The highest BCUT2D eigenvalue weighted by Crippen LogP contribution is 2.26. The van der Waals surface area contributed by atoms with Gasteiger partial charge >= 0.3 is 0 Å². The summed E-state index contributed by atoms with van der Waals surface area (Å²) in [7, 11) is 0. The van der Waals surface area contributed by atoms with E-state index in [1.54, 1.807) is 6.26 Å². The lowest BCUT2D eigenvalue weighted by molar-refractivity contribution is 0.556. The first-order valence-electron chi connectivity index (χ1n) is 7.03. The predicted molar refractivity (Wildman–Crippen MR) is 85.6 cm³/mol. The van der Waals surface area contributed by atoms with Crippen molar-refractivity contribution in [1.29, 1.82) is 0 Å². The van der Waals surface area contributed by atoms with E-state index in [2.05, 4.69) is 24.3 Å². The van der Waals surface area contributed by atoms with Crippen LogP contribution in [-0.4, -0.2) is 5.71 Å². The first-order valence-corrected chi connectivity index (χ1v) is 7.03. The van der Waals surface area contributed by atoms with Gasteiger partial charge in [0, 0.05) is 0 Å². The van der Waals surface area contributed by atoms with Crippen LogP contribution in [0.4, 0.5) is 0 Å². The molecule has 104 valence electrons. The van der Waals surface area contributed by atoms with Crippen LogP contribution in [0, 0.1) is 0 Å². The van der Waals surface area contributed by atoms with Crippen molar-refractivity contribution in [2.24, 2.45) is 4.99 Å². The van der Waals surface area contributed by atoms with Crippen LogP contribution in [0.5, 0.6) is 0 Å². The molecule has 0 bridgehead atoms. The Balaban J connectivity index is 2.03. The lowest BCUT2D eigenvalue weighted by Crippen LogP contribution is -2.02. The molecule has 2 aromatic carbocycles. The van der Waals surface area contributed by atoms with Crippen molar-refractivity contribution in [1.82, 2.24) is 0 Å². The zero-order valence-corrected chi connectivity index (χ0v) is 11.9. The average Bonchev–Trinajstić information content (AvgIpc) is 3.09. The van der Waals surface area contributed by atoms with Crippen LogP contribution in [0.1, 0.15) is 29.9 Å². The maximum absolute atomic E-state index is 5.44. The number of hydrogen-bond donors (Lipinski definition) is 0. The molecule has 0 saturated carbocycles. The minimum absolute atomic E-state index is 0.0162. The molecule has 2 nitrogen and oxygen atoms in total. The Kier molecular flexibility index (Phi) is 3.97. The molecule has 0 N–H and O–H groups in total. The molecule has 3 aromatic rings. The third kappa shape index (κ3) is 3.11. The molecule has 0 spiro atoms. The van der Waals surface area contributed by atoms with E-state index in [-0.39, 0.29) is 6.04 Å². The van der Waals surface area contributed by atoms with E-state index in [0.29, 0.717) is 0 Å². The minimum Gasteiger partial charge on any atom is -0.463 e. The van der Waals surface area contributed by atoms with Gasteiger partial charge in [0.1, 0.15) is 11.8 Å². The van der Waals surface area contributed by atoms with Crippen LogP contribution in [0.15, 0.2) is 88.5 Å². The van der Waals surface area contributed by atoms with Gasteiger partial charge < -0.3 is 4.42 Å². The smallest absolute Gasteiger partial charge is 0.147 e. The van der Waals surface area contributed by atoms with Crippen LogP contribution in [0.2, 0.25) is 0 Å². The normalized spacial score (nSPS) is 11.8. The Labute approximate surface area is 124 Å². The standard InChI is InChI=1S/C19H17NO/c1-15(18-13-8-14-21-18)20-19(16-9-4-2-5-10-16)17-11-6-3-7-12-17/h2-14,19H,1H3. The second kappa shape index (κ2) is 6.23. The number of aliphatic imine (C=N–C) groups is 1. The van der Waals surface area contributed by atoms with Crippen molar-refractivity contribution in [3.05, 3.63) is 95.9 Å². The molecule has 0 aliphatic carbocycles. The predicted octanol–water partition coefficient (Wildman–Crippen LogP) is 4.88. The Morgan fingerprint density at radius 3 is 1.86 bits per heavy atom. The van der Waals surface area contributed by atoms with Crippen LogP contribution >= 0.6 is 0 Å². The minimum atomic E-state index is -0.0162. The molecule has 0 atom stereocenters. The second-order valence-electron chi connectivity index (χ2n) is 4.92. The van der Waals surface area contributed by atoms with Gasteiger partial charge in [-0.2, -0.15) is 0 Å². The van der Waals surface area contributed by atoms with Gasteiger partial charge in [0.15, 0.2) is 0 Å². The van der Waals surface area contributed by atoms with E-state index in [1.165, 1.54) is 11.1 Å². The molecule has 3 rings (SSSR count). The van der Waals surface area contributed by atoms with Crippen molar-refractivity contribution < 1.29 is 4.42 Å². The highest BCUT2D eigenvalue weighted by atomic mass is 16.3. The Hall–Kier alpha value is -2.61. The van der Waals surface area contributed by atoms with Gasteiger partial charge in [0.2, 0.25) is 0 Å². The molecule has 0 saturated heterocycles. The summed E-state index contributed by atoms with van der Waals surface area (Å²) in [6, 6.07) is 24.5. The van der Waals surface area contributed by atoms with Gasteiger partial charge in [-0.1, -0.05) is 60.7 Å². The van der Waals surface area contributed by atoms with Crippen LogP contribution in [0.25, 0.3) is 0 Å². The maximum atomic E-state index is 5.44. The average molecular weight is 275 g/mol. The fourth-order valence-corrected chi connectivity index (χ4v) is 2.35. The summed E-state index contributed by atoms with van der Waals surface area (Å²) in [6.45, 7) is 1.98. The summed E-state index contributed by atoms with van der Waals surface area (Å²) in [5.41, 5.74) is 3.25. The summed E-state index contributed by atoms with van der Waals surface area (Å²) < 4.78 is 5.44. The molecule has 0 aliphatic heterocycles. The van der Waals surface area contributed by atoms with Crippen molar-refractivity contribution in [3.8, 4) is 0 Å². The molecule has 0 radical (unpaired) electrons. The highest BCUT2D eigenvalue weighted by Gasteiger charge is 2.13. The number of furan rings is 1. The van der Waals surface area contributed by atoms with Gasteiger partial charge in [-0.05, 0) is 30.2 Å². The second-order valence-corrected chi connectivity index (χ2v) is 4.92. The van der Waals surface area contributed by atoms with Crippen LogP contribution in [0.3, 0.4) is 0 Å². The molecule has 0 unspecified atom stereocenters. The van der Waals surface area contributed by atoms with Crippen molar-refractivity contribution in [2.75, 3.05) is 0 Å². The van der Waals surface area contributed by atoms with Gasteiger partial charge in [0.25, 0.3) is 0 Å².